The number of nitrogens with two attached hydrogens (primary N) is 4. The molecule has 0 amide bonds. The Bertz CT molecular complexity index is 1370. The molecule has 0 aromatic heterocycles. The minimum absolute atomic E-state index is 0. The number of hydrogen-bond donors (Lipinski definition) is 13. The van der Waals surface area contributed by atoms with Gasteiger partial charge in [-0.25, -0.2) is 0 Å². The van der Waals surface area contributed by atoms with Gasteiger partial charge in [0.25, 0.3) is 40.0 Å². The van der Waals surface area contributed by atoms with Gasteiger partial charge < -0.3 is 70.4 Å². The van der Waals surface area contributed by atoms with Crippen LogP contribution in [-0.4, -0.2) is 137 Å². The van der Waals surface area contributed by atoms with Crippen molar-refractivity contribution in [2.24, 2.45) is 22.9 Å². The van der Waals surface area contributed by atoms with E-state index in [4.69, 9.17) is 104 Å². The van der Waals surface area contributed by atoms with E-state index in [2.05, 4.69) is 12.2 Å². The van der Waals surface area contributed by atoms with Crippen LogP contribution in [0.15, 0.2) is 29.2 Å². The molecule has 0 radical (unpaired) electrons. The number of aliphatic carboxylic acids is 5. The Kier molecular flexibility index (Phi) is 141. The van der Waals surface area contributed by atoms with Crippen molar-refractivity contribution in [2.45, 2.75) is 98.3 Å². The summed E-state index contributed by atoms with van der Waals surface area (Å²) in [6.07, 6.45) is 8.04. The van der Waals surface area contributed by atoms with E-state index in [0.29, 0.717) is 26.2 Å². The monoisotopic (exact) mass is 1060 g/mol. The molecule has 33 heteroatoms. The molecule has 0 atom stereocenters. The molecule has 0 saturated heterocycles. The first-order valence-electron chi connectivity index (χ1n) is 17.1. The van der Waals surface area contributed by atoms with Crippen LogP contribution in [0.4, 0.5) is 0 Å². The van der Waals surface area contributed by atoms with Crippen molar-refractivity contribution >= 4 is 62.6 Å². The molecule has 1 rings (SSSR count). The fraction of sp³-hybridized carbons (Fsp3) is 0.606. The number of carboxylic acid groups (broad SMARTS) is 5. The van der Waals surface area contributed by atoms with Crippen LogP contribution in [0.3, 0.4) is 0 Å². The van der Waals surface area contributed by atoms with Crippen LogP contribution in [0.2, 0.25) is 0 Å². The molecule has 66 heavy (non-hydrogen) atoms. The Hall–Kier alpha value is 1.29. The first-order chi connectivity index (χ1) is 27.4. The normalized spacial score (nSPS) is 8.03. The van der Waals surface area contributed by atoms with Crippen molar-refractivity contribution in [1.82, 2.24) is 5.32 Å². The van der Waals surface area contributed by atoms with Crippen LogP contribution in [0.5, 0.6) is 5.75 Å². The van der Waals surface area contributed by atoms with Gasteiger partial charge in [0.05, 0.1) is 0 Å². The number of esters is 1. The largest absolute Gasteiger partial charge is 1.00 e. The SMILES string of the molecule is CC(=O)O.CC(=O)O.CC(=O)O.CC(=O)O.CC(=O)O.CCCCCCCCC(=O)Oc1ccccc1S(=O)(=O)O.C[C-]=O.NCCN.NCCNCCN.O=S(=O)(O)O.[H-].[H-].[H-].[H-].[H-].[Na+].[Na+].[Na+].[Na+].[Na+].[Na+]. The number of benzene rings is 1. The van der Waals surface area contributed by atoms with Gasteiger partial charge in [-0.05, 0) is 18.6 Å². The van der Waals surface area contributed by atoms with Crippen molar-refractivity contribution in [2.75, 3.05) is 39.3 Å². The molecular formula is C33H73N5Na6O20S2. The second kappa shape index (κ2) is 86.1. The average Bonchev–Trinajstić information content (AvgIpc) is 3.05. The molecule has 0 saturated carbocycles. The minimum Gasteiger partial charge on any atom is -1.00 e. The van der Waals surface area contributed by atoms with Crippen LogP contribution >= 0.6 is 0 Å². The van der Waals surface area contributed by atoms with Crippen molar-refractivity contribution < 1.29 is 279 Å². The van der Waals surface area contributed by atoms with E-state index < -0.39 is 56.3 Å². The van der Waals surface area contributed by atoms with Crippen molar-refractivity contribution in [1.29, 1.82) is 0 Å². The van der Waals surface area contributed by atoms with Crippen LogP contribution in [0.1, 0.15) is 101 Å². The first-order valence-corrected chi connectivity index (χ1v) is 19.9. The Morgan fingerprint density at radius 3 is 1.09 bits per heavy atom. The summed E-state index contributed by atoms with van der Waals surface area (Å²) >= 11 is 0. The van der Waals surface area contributed by atoms with Gasteiger partial charge in [0.2, 0.25) is 0 Å². The Balaban J connectivity index is -0.0000000247. The van der Waals surface area contributed by atoms with E-state index in [-0.39, 0.29) is 202 Å². The predicted molar refractivity (Wildman–Crippen MR) is 227 cm³/mol. The summed E-state index contributed by atoms with van der Waals surface area (Å²) in [4.78, 5) is 65.0. The van der Waals surface area contributed by atoms with E-state index in [1.165, 1.54) is 44.3 Å². The molecule has 368 valence electrons. The van der Waals surface area contributed by atoms with E-state index in [1.807, 2.05) is 0 Å². The number of carboxylic acids is 5. The molecule has 0 aliphatic carbocycles. The fourth-order valence-electron chi connectivity index (χ4n) is 2.30. The van der Waals surface area contributed by atoms with E-state index in [1.54, 1.807) is 6.07 Å². The number of nitrogens with one attached hydrogen (secondary N) is 1. The second-order valence-electron chi connectivity index (χ2n) is 10.1. The summed E-state index contributed by atoms with van der Waals surface area (Å²) < 4.78 is 68.0. The summed E-state index contributed by atoms with van der Waals surface area (Å²) in [7, 11) is -9.06. The van der Waals surface area contributed by atoms with Gasteiger partial charge in [-0.3, -0.25) is 48.7 Å². The summed E-state index contributed by atoms with van der Waals surface area (Å²) in [5.74, 6) is -4.78. The molecule has 0 bridgehead atoms. The average molecular weight is 1060 g/mol. The molecule has 1 aromatic carbocycles. The molecule has 25 nitrogen and oxygen atoms in total. The number of carbonyl (C=O) groups is 6. The van der Waals surface area contributed by atoms with Gasteiger partial charge in [-0.15, -0.1) is 0 Å². The summed E-state index contributed by atoms with van der Waals surface area (Å²) in [5, 5.41) is 40.1. The van der Waals surface area contributed by atoms with E-state index >= 15 is 0 Å². The molecule has 1 aromatic rings. The third kappa shape index (κ3) is 217. The standard InChI is InChI=1S/C15H22O5S.C4H13N3.C2H8N2.5C2H4O2.C2H3O.6Na.H2O4S.5H/c1-2-3-4-5-6-7-12-15(16)20-13-10-8-9-11-14(13)21(17,18)19;5-1-3-7-4-2-6;3-1-2-4;5*1-2(3)4;1-2-3;;;;;;;1-5(2,3)4;;;;;/h8-11H,2-7,12H2,1H3,(H,17,18,19);7H,1-6H2;1-4H2;5*1H3,(H,3,4);1H3;;;;;;;(H2,1,2,3,4);;;;;/q;;;;;;;;-1;6*+1;;5*-1. The number of ether oxygens (including phenoxy) is 1. The molecular weight excluding hydrogens is 988 g/mol. The molecule has 0 aliphatic rings. The fourth-order valence-corrected chi connectivity index (χ4v) is 2.91. The maximum absolute atomic E-state index is 11.7. The van der Waals surface area contributed by atoms with Crippen LogP contribution in [0.25, 0.3) is 0 Å². The third-order valence-electron chi connectivity index (χ3n) is 3.89. The predicted octanol–water partition coefficient (Wildman–Crippen LogP) is -16.5. The Morgan fingerprint density at radius 2 is 0.848 bits per heavy atom. The third-order valence-corrected chi connectivity index (χ3v) is 4.79. The van der Waals surface area contributed by atoms with Gasteiger partial charge in [-0.2, -0.15) is 23.8 Å². The Labute approximate surface area is 530 Å². The summed E-state index contributed by atoms with van der Waals surface area (Å²) in [5.41, 5.74) is 20.1. The molecule has 0 unspecified atom stereocenters. The van der Waals surface area contributed by atoms with Gasteiger partial charge in [-0.1, -0.05) is 51.2 Å². The van der Waals surface area contributed by atoms with E-state index in [0.717, 1.165) is 73.4 Å². The number of hydrogen-bond acceptors (Lipinski definition) is 17. The molecule has 0 fully saturated rings. The molecule has 0 heterocycles. The van der Waals surface area contributed by atoms with Gasteiger partial charge in [0, 0.05) is 80.3 Å². The van der Waals surface area contributed by atoms with Crippen LogP contribution < -0.4 is 210 Å². The van der Waals surface area contributed by atoms with Crippen LogP contribution in [0, 0.1) is 0 Å². The quantitative estimate of drug-likeness (QED) is 0.0205. The summed E-state index contributed by atoms with van der Waals surface area (Å²) in [6, 6.07) is 5.54. The van der Waals surface area contributed by atoms with Gasteiger partial charge in [0.15, 0.2) is 5.75 Å². The second-order valence-corrected chi connectivity index (χ2v) is 12.4. The van der Waals surface area contributed by atoms with Crippen molar-refractivity contribution in [3.63, 3.8) is 0 Å². The summed E-state index contributed by atoms with van der Waals surface area (Å²) in [6.45, 7) is 13.2. The van der Waals surface area contributed by atoms with Gasteiger partial charge in [0.1, 0.15) is 4.90 Å². The Morgan fingerprint density at radius 1 is 0.591 bits per heavy atom. The number of rotatable bonds is 14. The van der Waals surface area contributed by atoms with Crippen molar-refractivity contribution in [3.05, 3.63) is 24.3 Å². The van der Waals surface area contributed by atoms with Crippen molar-refractivity contribution in [3.8, 4) is 5.75 Å². The number of para-hydroxylation sites is 1. The van der Waals surface area contributed by atoms with E-state index in [9.17, 15) is 13.2 Å². The number of carbonyl (C=O) groups excluding carboxylic acids is 2. The molecule has 17 N–H and O–H groups in total. The topological polar surface area (TPSA) is 475 Å². The zero-order valence-corrected chi connectivity index (χ0v) is 54.7. The maximum Gasteiger partial charge on any atom is 1.00 e. The molecule has 0 aliphatic heterocycles. The first kappa shape index (κ1) is 108. The smallest absolute Gasteiger partial charge is 1.00 e. The number of unbranched alkanes of at least 4 members (excludes halogenated alkanes) is 5. The zero-order chi connectivity index (χ0) is 49.8. The minimum atomic E-state index is -4.67. The zero-order valence-electron chi connectivity index (χ0n) is 46.1. The maximum atomic E-state index is 11.7. The van der Waals surface area contributed by atoms with Crippen LogP contribution in [-0.2, 0) is 54.1 Å². The van der Waals surface area contributed by atoms with Gasteiger partial charge >= 0.3 is 194 Å². The molecule has 0 spiro atoms.